The molecule has 80 valence electrons. The first-order chi connectivity index (χ1) is 7.18. The molecule has 0 aliphatic carbocycles. The quantitative estimate of drug-likeness (QED) is 0.835. The Kier molecular flexibility index (Phi) is 3.22. The van der Waals surface area contributed by atoms with Crippen molar-refractivity contribution in [3.8, 4) is 0 Å². The maximum absolute atomic E-state index is 12.0. The zero-order chi connectivity index (χ0) is 10.8. The third-order valence-electron chi connectivity index (χ3n) is 2.82. The highest BCUT2D eigenvalue weighted by atomic mass is 79.9. The minimum atomic E-state index is 0.0329. The van der Waals surface area contributed by atoms with Gasteiger partial charge in [-0.25, -0.2) is 0 Å². The molecule has 0 amide bonds. The van der Waals surface area contributed by atoms with Gasteiger partial charge in [0.25, 0.3) is 0 Å². The van der Waals surface area contributed by atoms with Gasteiger partial charge in [-0.2, -0.15) is 0 Å². The highest BCUT2D eigenvalue weighted by Crippen LogP contribution is 2.19. The van der Waals surface area contributed by atoms with Crippen LogP contribution in [0.3, 0.4) is 0 Å². The molecule has 1 atom stereocenters. The number of benzene rings is 1. The van der Waals surface area contributed by atoms with E-state index >= 15 is 0 Å². The van der Waals surface area contributed by atoms with Crippen LogP contribution in [0.15, 0.2) is 22.7 Å². The Balaban J connectivity index is 2.21. The molecule has 1 N–H and O–H groups in total. The van der Waals surface area contributed by atoms with Crippen molar-refractivity contribution in [3.05, 3.63) is 33.8 Å². The molecule has 15 heavy (non-hydrogen) atoms. The van der Waals surface area contributed by atoms with Gasteiger partial charge in [-0.05, 0) is 44.0 Å². The molecule has 2 rings (SSSR count). The van der Waals surface area contributed by atoms with Crippen LogP contribution in [0, 0.1) is 6.92 Å². The molecule has 1 fully saturated rings. The average molecular weight is 268 g/mol. The summed E-state index contributed by atoms with van der Waals surface area (Å²) in [6, 6.07) is 5.81. The van der Waals surface area contributed by atoms with Crippen molar-refractivity contribution in [2.24, 2.45) is 0 Å². The van der Waals surface area contributed by atoms with E-state index in [-0.39, 0.29) is 11.8 Å². The lowest BCUT2D eigenvalue weighted by molar-refractivity contribution is 0.0952. The lowest BCUT2D eigenvalue weighted by Crippen LogP contribution is -2.30. The smallest absolute Gasteiger partial charge is 0.179 e. The lowest BCUT2D eigenvalue weighted by atomic mass is 10.0. The van der Waals surface area contributed by atoms with E-state index in [0.29, 0.717) is 0 Å². The summed E-state index contributed by atoms with van der Waals surface area (Å²) in [4.78, 5) is 12.0. The summed E-state index contributed by atoms with van der Waals surface area (Å²) >= 11 is 3.44. The van der Waals surface area contributed by atoms with Crippen LogP contribution in [0.4, 0.5) is 0 Å². The molecular formula is C12H14BrNO. The first kappa shape index (κ1) is 10.8. The fourth-order valence-corrected chi connectivity index (χ4v) is 2.15. The molecule has 0 spiro atoms. The maximum atomic E-state index is 12.0. The molecule has 1 aromatic rings. The van der Waals surface area contributed by atoms with E-state index < -0.39 is 0 Å². The van der Waals surface area contributed by atoms with E-state index in [1.807, 2.05) is 25.1 Å². The van der Waals surface area contributed by atoms with Gasteiger partial charge in [-0.3, -0.25) is 4.79 Å². The molecule has 1 aliphatic rings. The first-order valence-electron chi connectivity index (χ1n) is 5.22. The predicted octanol–water partition coefficient (Wildman–Crippen LogP) is 2.69. The Morgan fingerprint density at radius 1 is 1.53 bits per heavy atom. The van der Waals surface area contributed by atoms with Crippen LogP contribution in [0.25, 0.3) is 0 Å². The van der Waals surface area contributed by atoms with E-state index in [2.05, 4.69) is 21.2 Å². The number of nitrogens with one attached hydrogen (secondary N) is 1. The molecule has 1 saturated heterocycles. The van der Waals surface area contributed by atoms with Crippen LogP contribution in [0.5, 0.6) is 0 Å². The van der Waals surface area contributed by atoms with Gasteiger partial charge in [-0.15, -0.1) is 0 Å². The molecule has 1 aromatic carbocycles. The Labute approximate surface area is 98.2 Å². The molecule has 1 unspecified atom stereocenters. The van der Waals surface area contributed by atoms with Crippen molar-refractivity contribution in [1.82, 2.24) is 5.32 Å². The van der Waals surface area contributed by atoms with Gasteiger partial charge in [0.1, 0.15) is 0 Å². The number of hydrogen-bond acceptors (Lipinski definition) is 2. The molecule has 1 heterocycles. The second-order valence-electron chi connectivity index (χ2n) is 3.98. The van der Waals surface area contributed by atoms with E-state index in [9.17, 15) is 4.79 Å². The van der Waals surface area contributed by atoms with E-state index in [4.69, 9.17) is 0 Å². The summed E-state index contributed by atoms with van der Waals surface area (Å²) in [6.45, 7) is 2.97. The van der Waals surface area contributed by atoms with Gasteiger partial charge in [0.15, 0.2) is 5.78 Å². The summed E-state index contributed by atoms with van der Waals surface area (Å²) < 4.78 is 1.05. The van der Waals surface area contributed by atoms with Gasteiger partial charge in [0.05, 0.1) is 6.04 Å². The van der Waals surface area contributed by atoms with Crippen LogP contribution >= 0.6 is 15.9 Å². The number of halogens is 1. The number of aryl methyl sites for hydroxylation is 1. The van der Waals surface area contributed by atoms with Gasteiger partial charge in [-0.1, -0.05) is 22.0 Å². The molecule has 0 aromatic heterocycles. The van der Waals surface area contributed by atoms with Crippen LogP contribution in [0.2, 0.25) is 0 Å². The van der Waals surface area contributed by atoms with Gasteiger partial charge in [0.2, 0.25) is 0 Å². The standard InChI is InChI=1S/C12H14BrNO/c1-8-7-9(4-5-10(8)13)12(15)11-3-2-6-14-11/h4-5,7,11,14H,2-3,6H2,1H3. The molecule has 0 radical (unpaired) electrons. The SMILES string of the molecule is Cc1cc(C(=O)C2CCCN2)ccc1Br. The highest BCUT2D eigenvalue weighted by molar-refractivity contribution is 9.10. The second kappa shape index (κ2) is 4.45. The molecule has 0 saturated carbocycles. The van der Waals surface area contributed by atoms with Crippen molar-refractivity contribution in [2.45, 2.75) is 25.8 Å². The molecule has 1 aliphatic heterocycles. The third-order valence-corrected chi connectivity index (χ3v) is 3.71. The summed E-state index contributed by atoms with van der Waals surface area (Å²) in [5.41, 5.74) is 1.92. The fourth-order valence-electron chi connectivity index (χ4n) is 1.91. The topological polar surface area (TPSA) is 29.1 Å². The van der Waals surface area contributed by atoms with Crippen molar-refractivity contribution in [2.75, 3.05) is 6.54 Å². The minimum absolute atomic E-state index is 0.0329. The Morgan fingerprint density at radius 3 is 2.93 bits per heavy atom. The monoisotopic (exact) mass is 267 g/mol. The first-order valence-corrected chi connectivity index (χ1v) is 6.01. The summed E-state index contributed by atoms with van der Waals surface area (Å²) in [6.07, 6.45) is 2.07. The van der Waals surface area contributed by atoms with Crippen LogP contribution in [0.1, 0.15) is 28.8 Å². The second-order valence-corrected chi connectivity index (χ2v) is 4.83. The molecule has 2 nitrogen and oxygen atoms in total. The number of rotatable bonds is 2. The van der Waals surface area contributed by atoms with Crippen LogP contribution in [-0.2, 0) is 0 Å². The fraction of sp³-hybridized carbons (Fsp3) is 0.417. The zero-order valence-corrected chi connectivity index (χ0v) is 10.3. The number of carbonyl (C=O) groups is 1. The largest absolute Gasteiger partial charge is 0.307 e. The molecule has 3 heteroatoms. The van der Waals surface area contributed by atoms with Crippen molar-refractivity contribution >= 4 is 21.7 Å². The van der Waals surface area contributed by atoms with Crippen molar-refractivity contribution < 1.29 is 4.79 Å². The summed E-state index contributed by atoms with van der Waals surface area (Å²) in [7, 11) is 0. The van der Waals surface area contributed by atoms with Gasteiger partial charge < -0.3 is 5.32 Å². The maximum Gasteiger partial charge on any atom is 0.179 e. The number of Topliss-reactive ketones (excluding diaryl/α,β-unsaturated/α-hetero) is 1. The number of ketones is 1. The van der Waals surface area contributed by atoms with Crippen molar-refractivity contribution in [1.29, 1.82) is 0 Å². The Morgan fingerprint density at radius 2 is 2.33 bits per heavy atom. The van der Waals surface area contributed by atoms with E-state index in [1.54, 1.807) is 0 Å². The van der Waals surface area contributed by atoms with Crippen LogP contribution in [-0.4, -0.2) is 18.4 Å². The number of hydrogen-bond donors (Lipinski definition) is 1. The zero-order valence-electron chi connectivity index (χ0n) is 8.72. The molecule has 0 bridgehead atoms. The van der Waals surface area contributed by atoms with E-state index in [1.165, 1.54) is 0 Å². The lowest BCUT2D eigenvalue weighted by Gasteiger charge is -2.09. The summed E-state index contributed by atoms with van der Waals surface area (Å²) in [5, 5.41) is 3.23. The average Bonchev–Trinajstić information content (AvgIpc) is 2.74. The van der Waals surface area contributed by atoms with Crippen molar-refractivity contribution in [3.63, 3.8) is 0 Å². The Bertz CT molecular complexity index is 383. The number of carbonyl (C=O) groups excluding carboxylic acids is 1. The summed E-state index contributed by atoms with van der Waals surface area (Å²) in [5.74, 6) is 0.225. The van der Waals surface area contributed by atoms with Crippen LogP contribution < -0.4 is 5.32 Å². The predicted molar refractivity (Wildman–Crippen MR) is 64.2 cm³/mol. The highest BCUT2D eigenvalue weighted by Gasteiger charge is 2.23. The van der Waals surface area contributed by atoms with Gasteiger partial charge >= 0.3 is 0 Å². The third kappa shape index (κ3) is 2.29. The molecular weight excluding hydrogens is 254 g/mol. The Hall–Kier alpha value is -0.670. The van der Waals surface area contributed by atoms with E-state index in [0.717, 1.165) is 35.0 Å². The normalized spacial score (nSPS) is 20.5. The van der Waals surface area contributed by atoms with Gasteiger partial charge in [0, 0.05) is 10.0 Å². The minimum Gasteiger partial charge on any atom is -0.307 e.